The molecule has 0 saturated carbocycles. The average molecular weight is 375 g/mol. The smallest absolute Gasteiger partial charge is 0.267 e. The molecule has 0 fully saturated rings. The first-order valence-corrected chi connectivity index (χ1v) is 8.07. The third-order valence-electron chi connectivity index (χ3n) is 3.52. The second-order valence-electron chi connectivity index (χ2n) is 5.13. The van der Waals surface area contributed by atoms with Gasteiger partial charge in [-0.25, -0.2) is 4.39 Å². The average Bonchev–Trinajstić information content (AvgIpc) is 2.54. The Morgan fingerprint density at radius 1 is 1.00 bits per heavy atom. The van der Waals surface area contributed by atoms with E-state index < -0.39 is 21.4 Å². The van der Waals surface area contributed by atoms with Gasteiger partial charge in [0.2, 0.25) is 3.79 Å². The Labute approximate surface area is 149 Å². The number of carbonyl (C=O) groups excluding carboxylic acids is 1. The predicted molar refractivity (Wildman–Crippen MR) is 92.5 cm³/mol. The molecule has 0 radical (unpaired) electrons. The fraction of sp³-hybridized carbons (Fsp3) is 0.235. The van der Waals surface area contributed by atoms with Crippen LogP contribution in [0.15, 0.2) is 60.7 Å². The van der Waals surface area contributed by atoms with Gasteiger partial charge in [0.15, 0.2) is 0 Å². The van der Waals surface area contributed by atoms with Gasteiger partial charge in [0.25, 0.3) is 11.6 Å². The third-order valence-corrected chi connectivity index (χ3v) is 4.30. The summed E-state index contributed by atoms with van der Waals surface area (Å²) in [6.07, 6.45) is 0. The van der Waals surface area contributed by atoms with Crippen molar-refractivity contribution in [3.05, 3.63) is 71.8 Å². The number of carbonyl (C=O) groups is 1. The van der Waals surface area contributed by atoms with E-state index in [4.69, 9.17) is 34.8 Å². The second-order valence-corrected chi connectivity index (χ2v) is 7.41. The highest BCUT2D eigenvalue weighted by molar-refractivity contribution is 6.69. The highest BCUT2D eigenvalue weighted by atomic mass is 35.6. The van der Waals surface area contributed by atoms with Crippen molar-refractivity contribution in [3.8, 4) is 0 Å². The minimum absolute atomic E-state index is 0.0160. The number of hydrogen-bond acceptors (Lipinski definition) is 1. The van der Waals surface area contributed by atoms with Crippen molar-refractivity contribution in [2.45, 2.75) is 22.4 Å². The molecule has 2 rings (SSSR count). The van der Waals surface area contributed by atoms with E-state index in [-0.39, 0.29) is 5.56 Å². The van der Waals surface area contributed by atoms with Gasteiger partial charge < -0.3 is 5.32 Å². The van der Waals surface area contributed by atoms with Gasteiger partial charge in [-0.05, 0) is 12.5 Å². The lowest BCUT2D eigenvalue weighted by Gasteiger charge is -2.32. The molecule has 0 aromatic heterocycles. The first-order chi connectivity index (χ1) is 10.8. The van der Waals surface area contributed by atoms with E-state index >= 15 is 4.39 Å². The molecule has 2 atom stereocenters. The van der Waals surface area contributed by atoms with Gasteiger partial charge in [0.1, 0.15) is 0 Å². The fourth-order valence-corrected chi connectivity index (χ4v) is 2.80. The van der Waals surface area contributed by atoms with Crippen LogP contribution in [0.25, 0.3) is 0 Å². The molecular formula is C17H15Cl3FNO. The summed E-state index contributed by atoms with van der Waals surface area (Å²) < 4.78 is 13.0. The Balaban J connectivity index is 2.32. The number of hydrogen-bond donors (Lipinski definition) is 1. The molecule has 23 heavy (non-hydrogen) atoms. The summed E-state index contributed by atoms with van der Waals surface area (Å²) in [6.45, 7) is 1.73. The minimum atomic E-state index is -2.80. The van der Waals surface area contributed by atoms with Crippen molar-refractivity contribution < 1.29 is 9.18 Å². The lowest BCUT2D eigenvalue weighted by Crippen LogP contribution is -2.50. The molecule has 0 aliphatic carbocycles. The number of rotatable bonds is 4. The lowest BCUT2D eigenvalue weighted by atomic mass is 9.95. The van der Waals surface area contributed by atoms with Crippen LogP contribution in [-0.2, 0) is 10.5 Å². The number of amides is 1. The molecule has 0 saturated heterocycles. The van der Waals surface area contributed by atoms with Crippen molar-refractivity contribution in [1.82, 2.24) is 5.32 Å². The molecule has 2 aromatic rings. The largest absolute Gasteiger partial charge is 0.346 e. The maximum Gasteiger partial charge on any atom is 0.267 e. The third kappa shape index (κ3) is 3.79. The second kappa shape index (κ2) is 7.08. The summed E-state index contributed by atoms with van der Waals surface area (Å²) in [5.74, 6) is -1.000. The highest BCUT2D eigenvalue weighted by Gasteiger charge is 2.57. The summed E-state index contributed by atoms with van der Waals surface area (Å²) in [6, 6.07) is 16.4. The van der Waals surface area contributed by atoms with E-state index in [0.29, 0.717) is 0 Å². The van der Waals surface area contributed by atoms with Gasteiger partial charge in [-0.3, -0.25) is 4.79 Å². The zero-order valence-electron chi connectivity index (χ0n) is 12.3. The van der Waals surface area contributed by atoms with E-state index in [1.807, 2.05) is 30.3 Å². The van der Waals surface area contributed by atoms with Gasteiger partial charge in [0, 0.05) is 5.56 Å². The van der Waals surface area contributed by atoms with Crippen molar-refractivity contribution in [1.29, 1.82) is 0 Å². The molecule has 0 heterocycles. The van der Waals surface area contributed by atoms with Crippen LogP contribution >= 0.6 is 34.8 Å². The van der Waals surface area contributed by atoms with Crippen LogP contribution in [0.2, 0.25) is 0 Å². The zero-order chi connectivity index (χ0) is 17.1. The van der Waals surface area contributed by atoms with E-state index in [9.17, 15) is 4.79 Å². The van der Waals surface area contributed by atoms with Crippen LogP contribution in [0.3, 0.4) is 0 Å². The Kier molecular flexibility index (Phi) is 5.56. The van der Waals surface area contributed by atoms with Crippen LogP contribution in [0.1, 0.15) is 24.1 Å². The summed E-state index contributed by atoms with van der Waals surface area (Å²) >= 11 is 17.4. The van der Waals surface area contributed by atoms with E-state index in [1.54, 1.807) is 25.1 Å². The van der Waals surface area contributed by atoms with Gasteiger partial charge in [0.05, 0.1) is 6.04 Å². The van der Waals surface area contributed by atoms with Gasteiger partial charge in [-0.15, -0.1) is 0 Å². The van der Waals surface area contributed by atoms with Crippen LogP contribution in [0.5, 0.6) is 0 Å². The molecule has 6 heteroatoms. The molecule has 0 spiro atoms. The molecule has 122 valence electrons. The maximum absolute atomic E-state index is 15.5. The number of alkyl halides is 4. The van der Waals surface area contributed by atoms with Gasteiger partial charge >= 0.3 is 0 Å². The summed E-state index contributed by atoms with van der Waals surface area (Å²) in [5, 5.41) is 2.57. The molecule has 0 aliphatic rings. The van der Waals surface area contributed by atoms with E-state index in [1.165, 1.54) is 12.1 Å². The Hall–Kier alpha value is -1.29. The molecular weight excluding hydrogens is 360 g/mol. The Morgan fingerprint density at radius 2 is 1.48 bits per heavy atom. The molecule has 2 unspecified atom stereocenters. The maximum atomic E-state index is 15.5. The molecule has 2 nitrogen and oxygen atoms in total. The van der Waals surface area contributed by atoms with Crippen molar-refractivity contribution in [3.63, 3.8) is 0 Å². The summed E-state index contributed by atoms with van der Waals surface area (Å²) in [4.78, 5) is 12.6. The topological polar surface area (TPSA) is 29.1 Å². The first kappa shape index (κ1) is 18.1. The van der Waals surface area contributed by atoms with Crippen LogP contribution < -0.4 is 5.32 Å². The molecule has 1 N–H and O–H groups in total. The van der Waals surface area contributed by atoms with Crippen molar-refractivity contribution >= 4 is 40.7 Å². The van der Waals surface area contributed by atoms with Gasteiger partial charge in [-0.1, -0.05) is 95.5 Å². The van der Waals surface area contributed by atoms with E-state index in [2.05, 4.69) is 5.32 Å². The number of halogens is 4. The van der Waals surface area contributed by atoms with Crippen LogP contribution in [0, 0.1) is 0 Å². The number of benzene rings is 2. The van der Waals surface area contributed by atoms with E-state index in [0.717, 1.165) is 5.56 Å². The quantitative estimate of drug-likeness (QED) is 0.741. The van der Waals surface area contributed by atoms with Crippen molar-refractivity contribution in [2.75, 3.05) is 0 Å². The van der Waals surface area contributed by atoms with Crippen LogP contribution in [-0.4, -0.2) is 9.70 Å². The summed E-state index contributed by atoms with van der Waals surface area (Å²) in [7, 11) is 0. The Morgan fingerprint density at radius 3 is 1.96 bits per heavy atom. The Bertz CT molecular complexity index is 661. The predicted octanol–water partition coefficient (Wildman–Crippen LogP) is 5.10. The fourth-order valence-electron chi connectivity index (χ4n) is 2.21. The first-order valence-electron chi connectivity index (χ1n) is 6.94. The minimum Gasteiger partial charge on any atom is -0.346 e. The van der Waals surface area contributed by atoms with Crippen LogP contribution in [0.4, 0.5) is 4.39 Å². The lowest BCUT2D eigenvalue weighted by molar-refractivity contribution is -0.134. The normalized spacial score (nSPS) is 15.5. The molecule has 2 aromatic carbocycles. The molecule has 0 bridgehead atoms. The standard InChI is InChI=1S/C17H15Cl3FNO/c1-12(13-8-4-2-5-9-13)22-15(23)16(21,17(18,19)20)14-10-6-3-7-11-14/h2-12H,1H3,(H,22,23). The molecule has 0 aliphatic heterocycles. The monoisotopic (exact) mass is 373 g/mol. The molecule has 1 amide bonds. The van der Waals surface area contributed by atoms with Gasteiger partial charge in [-0.2, -0.15) is 0 Å². The SMILES string of the molecule is CC(NC(=O)C(F)(c1ccccc1)C(Cl)(Cl)Cl)c1ccccc1. The summed E-state index contributed by atoms with van der Waals surface area (Å²) in [5.41, 5.74) is -2.00. The number of nitrogens with one attached hydrogen (secondary N) is 1. The highest BCUT2D eigenvalue weighted by Crippen LogP contribution is 2.48. The van der Waals surface area contributed by atoms with Crippen molar-refractivity contribution in [2.24, 2.45) is 0 Å². The zero-order valence-corrected chi connectivity index (χ0v) is 14.5.